The SMILES string of the molecule is CC1(C2CC2)NC(=O)CN(c2ccc3c(c2)CCC3)C1=O. The maximum absolute atomic E-state index is 12.9. The third-order valence-electron chi connectivity index (χ3n) is 5.18. The minimum atomic E-state index is -0.714. The van der Waals surface area contributed by atoms with Crippen LogP contribution in [0, 0.1) is 5.92 Å². The van der Waals surface area contributed by atoms with E-state index in [4.69, 9.17) is 0 Å². The maximum atomic E-state index is 12.9. The summed E-state index contributed by atoms with van der Waals surface area (Å²) in [6.45, 7) is 2.02. The highest BCUT2D eigenvalue weighted by atomic mass is 16.2. The Hall–Kier alpha value is -1.84. The molecular formula is C17H20N2O2. The minimum Gasteiger partial charge on any atom is -0.340 e. The van der Waals surface area contributed by atoms with Gasteiger partial charge in [-0.1, -0.05) is 6.07 Å². The third-order valence-corrected chi connectivity index (χ3v) is 5.18. The molecule has 1 saturated heterocycles. The lowest BCUT2D eigenvalue weighted by atomic mass is 9.91. The molecule has 4 rings (SSSR count). The molecule has 1 aromatic rings. The summed E-state index contributed by atoms with van der Waals surface area (Å²) in [4.78, 5) is 26.6. The van der Waals surface area contributed by atoms with Gasteiger partial charge in [-0.2, -0.15) is 0 Å². The summed E-state index contributed by atoms with van der Waals surface area (Å²) < 4.78 is 0. The molecule has 1 heterocycles. The van der Waals surface area contributed by atoms with Gasteiger partial charge in [-0.05, 0) is 68.2 Å². The molecule has 3 aliphatic rings. The molecule has 0 aromatic heterocycles. The first-order valence-corrected chi connectivity index (χ1v) is 7.83. The van der Waals surface area contributed by atoms with Gasteiger partial charge in [-0.15, -0.1) is 0 Å². The summed E-state index contributed by atoms with van der Waals surface area (Å²) in [5.41, 5.74) is 2.88. The normalized spacial score (nSPS) is 28.5. The molecule has 1 unspecified atom stereocenters. The Bertz CT molecular complexity index is 636. The minimum absolute atomic E-state index is 0.0440. The smallest absolute Gasteiger partial charge is 0.253 e. The molecule has 2 fully saturated rings. The molecule has 0 spiro atoms. The van der Waals surface area contributed by atoms with Crippen molar-refractivity contribution in [1.82, 2.24) is 5.32 Å². The number of hydrogen-bond acceptors (Lipinski definition) is 2. The van der Waals surface area contributed by atoms with Crippen molar-refractivity contribution in [3.63, 3.8) is 0 Å². The van der Waals surface area contributed by atoms with Crippen LogP contribution in [-0.2, 0) is 22.4 Å². The van der Waals surface area contributed by atoms with Crippen molar-refractivity contribution < 1.29 is 9.59 Å². The van der Waals surface area contributed by atoms with Gasteiger partial charge < -0.3 is 10.2 Å². The number of nitrogens with zero attached hydrogens (tertiary/aromatic N) is 1. The third kappa shape index (κ3) is 1.96. The Balaban J connectivity index is 1.70. The molecule has 1 aromatic carbocycles. The summed E-state index contributed by atoms with van der Waals surface area (Å²) in [7, 11) is 0. The van der Waals surface area contributed by atoms with Crippen molar-refractivity contribution in [2.45, 2.75) is 44.6 Å². The van der Waals surface area contributed by atoms with Crippen molar-refractivity contribution in [2.24, 2.45) is 5.92 Å². The van der Waals surface area contributed by atoms with E-state index in [0.717, 1.165) is 31.4 Å². The summed E-state index contributed by atoms with van der Waals surface area (Å²) in [6, 6.07) is 6.21. The second kappa shape index (κ2) is 4.33. The number of piperazine rings is 1. The zero-order valence-electron chi connectivity index (χ0n) is 12.3. The monoisotopic (exact) mass is 284 g/mol. The first-order chi connectivity index (χ1) is 10.1. The van der Waals surface area contributed by atoms with E-state index in [1.165, 1.54) is 17.5 Å². The van der Waals surface area contributed by atoms with Gasteiger partial charge in [0, 0.05) is 5.69 Å². The number of fused-ring (bicyclic) bond motifs is 1. The highest BCUT2D eigenvalue weighted by Crippen LogP contribution is 2.42. The molecule has 0 bridgehead atoms. The average molecular weight is 284 g/mol. The van der Waals surface area contributed by atoms with Crippen LogP contribution in [0.2, 0.25) is 0 Å². The first kappa shape index (κ1) is 12.9. The van der Waals surface area contributed by atoms with Crippen molar-refractivity contribution in [3.8, 4) is 0 Å². The molecule has 1 atom stereocenters. The van der Waals surface area contributed by atoms with Crippen LogP contribution in [-0.4, -0.2) is 23.9 Å². The van der Waals surface area contributed by atoms with Gasteiger partial charge in [-0.25, -0.2) is 0 Å². The number of rotatable bonds is 2. The van der Waals surface area contributed by atoms with Crippen LogP contribution in [0.5, 0.6) is 0 Å². The number of amides is 2. The van der Waals surface area contributed by atoms with Gasteiger partial charge in [0.05, 0.1) is 0 Å². The van der Waals surface area contributed by atoms with Gasteiger partial charge in [0.1, 0.15) is 12.1 Å². The average Bonchev–Trinajstić information content (AvgIpc) is 3.22. The molecule has 2 amide bonds. The van der Waals surface area contributed by atoms with Gasteiger partial charge in [0.25, 0.3) is 5.91 Å². The van der Waals surface area contributed by atoms with Crippen molar-refractivity contribution >= 4 is 17.5 Å². The molecule has 110 valence electrons. The largest absolute Gasteiger partial charge is 0.340 e. The van der Waals surface area contributed by atoms with E-state index in [2.05, 4.69) is 17.4 Å². The zero-order valence-corrected chi connectivity index (χ0v) is 12.3. The number of anilines is 1. The highest BCUT2D eigenvalue weighted by Gasteiger charge is 2.52. The van der Waals surface area contributed by atoms with E-state index >= 15 is 0 Å². The fourth-order valence-electron chi connectivity index (χ4n) is 3.75. The molecule has 1 saturated carbocycles. The Morgan fingerprint density at radius 1 is 1.19 bits per heavy atom. The lowest BCUT2D eigenvalue weighted by Crippen LogP contribution is -2.66. The second-order valence-electron chi connectivity index (χ2n) is 6.72. The Morgan fingerprint density at radius 2 is 1.95 bits per heavy atom. The second-order valence-corrected chi connectivity index (χ2v) is 6.72. The number of benzene rings is 1. The fraction of sp³-hybridized carbons (Fsp3) is 0.529. The van der Waals surface area contributed by atoms with Gasteiger partial charge in [0.2, 0.25) is 5.91 Å². The lowest BCUT2D eigenvalue weighted by Gasteiger charge is -2.40. The van der Waals surface area contributed by atoms with E-state index < -0.39 is 5.54 Å². The molecule has 1 aliphatic heterocycles. The van der Waals surface area contributed by atoms with Crippen LogP contribution in [0.25, 0.3) is 0 Å². The van der Waals surface area contributed by atoms with Crippen molar-refractivity contribution in [3.05, 3.63) is 29.3 Å². The van der Waals surface area contributed by atoms with Gasteiger partial charge >= 0.3 is 0 Å². The summed E-state index contributed by atoms with van der Waals surface area (Å²) >= 11 is 0. The topological polar surface area (TPSA) is 49.4 Å². The molecule has 2 aliphatic carbocycles. The van der Waals surface area contributed by atoms with Crippen LogP contribution < -0.4 is 10.2 Å². The van der Waals surface area contributed by atoms with Crippen LogP contribution in [0.4, 0.5) is 5.69 Å². The Kier molecular flexibility index (Phi) is 2.65. The van der Waals surface area contributed by atoms with Crippen molar-refractivity contribution in [2.75, 3.05) is 11.4 Å². The quantitative estimate of drug-likeness (QED) is 0.900. The Labute approximate surface area is 124 Å². The molecule has 4 nitrogen and oxygen atoms in total. The van der Waals surface area contributed by atoms with Gasteiger partial charge in [-0.3, -0.25) is 9.59 Å². The van der Waals surface area contributed by atoms with Crippen molar-refractivity contribution in [1.29, 1.82) is 0 Å². The summed E-state index contributed by atoms with van der Waals surface area (Å²) in [5, 5.41) is 2.93. The number of aryl methyl sites for hydroxylation is 2. The van der Waals surface area contributed by atoms with Crippen LogP contribution >= 0.6 is 0 Å². The summed E-state index contributed by atoms with van der Waals surface area (Å²) in [6.07, 6.45) is 5.45. The maximum Gasteiger partial charge on any atom is 0.253 e. The van der Waals surface area contributed by atoms with E-state index in [1.54, 1.807) is 4.90 Å². The standard InChI is InChI=1S/C17H20N2O2/c1-17(13-6-7-13)16(21)19(10-15(20)18-17)14-8-5-11-3-2-4-12(11)9-14/h5,8-9,13H,2-4,6-7,10H2,1H3,(H,18,20). The predicted octanol–water partition coefficient (Wildman–Crippen LogP) is 1.81. The van der Waals surface area contributed by atoms with E-state index in [9.17, 15) is 9.59 Å². The lowest BCUT2D eigenvalue weighted by molar-refractivity contribution is -0.136. The van der Waals surface area contributed by atoms with Gasteiger partial charge in [0.15, 0.2) is 0 Å². The molecule has 21 heavy (non-hydrogen) atoms. The molecule has 4 heteroatoms. The van der Waals surface area contributed by atoms with Crippen LogP contribution in [0.3, 0.4) is 0 Å². The molecule has 0 radical (unpaired) electrons. The van der Waals surface area contributed by atoms with Crippen LogP contribution in [0.15, 0.2) is 18.2 Å². The molecular weight excluding hydrogens is 264 g/mol. The Morgan fingerprint density at radius 3 is 2.71 bits per heavy atom. The summed E-state index contributed by atoms with van der Waals surface area (Å²) in [5.74, 6) is 0.290. The number of hydrogen-bond donors (Lipinski definition) is 1. The van der Waals surface area contributed by atoms with E-state index in [0.29, 0.717) is 5.92 Å². The van der Waals surface area contributed by atoms with E-state index in [1.807, 2.05) is 13.0 Å². The zero-order chi connectivity index (χ0) is 14.6. The number of carbonyl (C=O) groups excluding carboxylic acids is 2. The highest BCUT2D eigenvalue weighted by molar-refractivity contribution is 6.09. The number of nitrogens with one attached hydrogen (secondary N) is 1. The van der Waals surface area contributed by atoms with E-state index in [-0.39, 0.29) is 18.4 Å². The van der Waals surface area contributed by atoms with Crippen LogP contribution in [0.1, 0.15) is 37.3 Å². The number of carbonyl (C=O) groups is 2. The first-order valence-electron chi connectivity index (χ1n) is 7.83. The molecule has 1 N–H and O–H groups in total. The fourth-order valence-corrected chi connectivity index (χ4v) is 3.75. The predicted molar refractivity (Wildman–Crippen MR) is 80.1 cm³/mol.